The Kier molecular flexibility index (Phi) is 5.59. The zero-order valence-corrected chi connectivity index (χ0v) is 18.1. The van der Waals surface area contributed by atoms with Crippen molar-refractivity contribution in [3.05, 3.63) is 46.0 Å². The van der Waals surface area contributed by atoms with Gasteiger partial charge >= 0.3 is 0 Å². The maximum atomic E-state index is 13.5. The van der Waals surface area contributed by atoms with Crippen LogP contribution < -0.4 is 14.2 Å². The summed E-state index contributed by atoms with van der Waals surface area (Å²) in [5.74, 6) is 1.97. The number of hydrogen-bond donors (Lipinski definition) is 0. The minimum atomic E-state index is -3.64. The number of fused-ring (bicyclic) bond motifs is 1. The van der Waals surface area contributed by atoms with E-state index in [1.165, 1.54) is 0 Å². The van der Waals surface area contributed by atoms with Gasteiger partial charge in [0.15, 0.2) is 11.5 Å². The minimum absolute atomic E-state index is 0.308. The molecular weight excluding hydrogens is 378 g/mol. The number of sulfonamides is 1. The Bertz CT molecular complexity index is 1010. The largest absolute Gasteiger partial charge is 0.496 e. The van der Waals surface area contributed by atoms with Crippen molar-refractivity contribution < 1.29 is 22.6 Å². The Morgan fingerprint density at radius 2 is 1.39 bits per heavy atom. The molecule has 0 spiro atoms. The lowest BCUT2D eigenvalue weighted by molar-refractivity contribution is 0.348. The molecule has 0 N–H and O–H groups in total. The van der Waals surface area contributed by atoms with Gasteiger partial charge in [-0.25, -0.2) is 8.42 Å². The maximum Gasteiger partial charge on any atom is 0.243 e. The molecule has 152 valence electrons. The van der Waals surface area contributed by atoms with Gasteiger partial charge in [-0.05, 0) is 73.2 Å². The van der Waals surface area contributed by atoms with Crippen molar-refractivity contribution in [2.45, 2.75) is 38.6 Å². The molecule has 28 heavy (non-hydrogen) atoms. The van der Waals surface area contributed by atoms with E-state index in [4.69, 9.17) is 14.2 Å². The van der Waals surface area contributed by atoms with E-state index in [1.54, 1.807) is 31.7 Å². The molecular formula is C21H27NO5S. The molecule has 0 aromatic heterocycles. The van der Waals surface area contributed by atoms with Crippen molar-refractivity contribution in [1.82, 2.24) is 4.31 Å². The molecule has 0 saturated carbocycles. The molecule has 2 aromatic carbocycles. The van der Waals surface area contributed by atoms with E-state index in [9.17, 15) is 8.42 Å². The lowest BCUT2D eigenvalue weighted by Gasteiger charge is -2.30. The van der Waals surface area contributed by atoms with Gasteiger partial charge in [0.05, 0.1) is 26.2 Å². The van der Waals surface area contributed by atoms with Crippen LogP contribution in [0.15, 0.2) is 23.1 Å². The van der Waals surface area contributed by atoms with E-state index in [0.717, 1.165) is 22.3 Å². The van der Waals surface area contributed by atoms with E-state index in [2.05, 4.69) is 0 Å². The topological polar surface area (TPSA) is 65.1 Å². The summed E-state index contributed by atoms with van der Waals surface area (Å²) in [6, 6.07) is 5.60. The van der Waals surface area contributed by atoms with Crippen LogP contribution in [0, 0.1) is 20.8 Å². The molecule has 3 rings (SSSR count). The highest BCUT2D eigenvalue weighted by molar-refractivity contribution is 7.89. The van der Waals surface area contributed by atoms with E-state index in [-0.39, 0.29) is 0 Å². The highest BCUT2D eigenvalue weighted by Gasteiger charge is 2.32. The zero-order chi connectivity index (χ0) is 20.6. The van der Waals surface area contributed by atoms with Crippen LogP contribution in [0.5, 0.6) is 17.2 Å². The first kappa shape index (κ1) is 20.5. The third-order valence-corrected chi connectivity index (χ3v) is 7.61. The van der Waals surface area contributed by atoms with Crippen LogP contribution in [0.4, 0.5) is 0 Å². The lowest BCUT2D eigenvalue weighted by atomic mass is 10.0. The molecule has 0 radical (unpaired) electrons. The normalized spacial score (nSPS) is 14.5. The van der Waals surface area contributed by atoms with Crippen molar-refractivity contribution in [3.8, 4) is 17.2 Å². The highest BCUT2D eigenvalue weighted by Crippen LogP contribution is 2.37. The first-order valence-electron chi connectivity index (χ1n) is 9.13. The molecule has 1 aliphatic heterocycles. The van der Waals surface area contributed by atoms with E-state index >= 15 is 0 Å². The second kappa shape index (κ2) is 7.64. The highest BCUT2D eigenvalue weighted by atomic mass is 32.2. The smallest absolute Gasteiger partial charge is 0.243 e. The molecule has 0 unspecified atom stereocenters. The fraction of sp³-hybridized carbons (Fsp3) is 0.429. The molecule has 0 atom stereocenters. The number of methoxy groups -OCH3 is 3. The first-order chi connectivity index (χ1) is 13.2. The molecule has 1 aliphatic rings. The van der Waals surface area contributed by atoms with Crippen molar-refractivity contribution in [2.75, 3.05) is 27.9 Å². The third kappa shape index (κ3) is 3.33. The van der Waals surface area contributed by atoms with E-state index < -0.39 is 10.0 Å². The molecule has 0 fully saturated rings. The van der Waals surface area contributed by atoms with Crippen LogP contribution in [0.3, 0.4) is 0 Å². The predicted molar refractivity (Wildman–Crippen MR) is 108 cm³/mol. The fourth-order valence-electron chi connectivity index (χ4n) is 3.82. The maximum absolute atomic E-state index is 13.5. The fourth-order valence-corrected chi connectivity index (χ4v) is 5.73. The van der Waals surface area contributed by atoms with Crippen LogP contribution in [0.2, 0.25) is 0 Å². The van der Waals surface area contributed by atoms with Gasteiger partial charge in [-0.3, -0.25) is 0 Å². The summed E-state index contributed by atoms with van der Waals surface area (Å²) < 4.78 is 44.7. The first-order valence-corrected chi connectivity index (χ1v) is 10.6. The monoisotopic (exact) mass is 405 g/mol. The molecule has 0 amide bonds. The Hall–Kier alpha value is -2.25. The zero-order valence-electron chi connectivity index (χ0n) is 17.3. The van der Waals surface area contributed by atoms with Gasteiger partial charge in [0.25, 0.3) is 0 Å². The summed E-state index contributed by atoms with van der Waals surface area (Å²) in [5.41, 5.74) is 4.29. The summed E-state index contributed by atoms with van der Waals surface area (Å²) in [4.78, 5) is 0.370. The SMILES string of the molecule is COc1cc2c(cc1OC)CN(S(=O)(=O)c1c(C)cc(OC)c(C)c1C)CC2. The summed E-state index contributed by atoms with van der Waals surface area (Å²) in [5, 5.41) is 0. The average molecular weight is 406 g/mol. The predicted octanol–water partition coefficient (Wildman–Crippen LogP) is 3.38. The van der Waals surface area contributed by atoms with E-state index in [1.807, 2.05) is 32.9 Å². The summed E-state index contributed by atoms with van der Waals surface area (Å²) >= 11 is 0. The standard InChI is InChI=1S/C21H27NO5S/c1-13-9-18(25-4)14(2)15(3)21(13)28(23,24)22-8-7-16-10-19(26-5)20(27-6)11-17(16)12-22/h9-11H,7-8,12H2,1-6H3. The Balaban J connectivity index is 2.03. The van der Waals surface area contributed by atoms with E-state index in [0.29, 0.717) is 47.2 Å². The van der Waals surface area contributed by atoms with Gasteiger partial charge in [0.1, 0.15) is 5.75 Å². The van der Waals surface area contributed by atoms with Gasteiger partial charge in [-0.1, -0.05) is 0 Å². The Labute approximate surface area is 167 Å². The molecule has 0 aliphatic carbocycles. The molecule has 0 saturated heterocycles. The number of rotatable bonds is 5. The second-order valence-corrected chi connectivity index (χ2v) is 8.91. The van der Waals surface area contributed by atoms with Crippen LogP contribution in [-0.2, 0) is 23.0 Å². The number of ether oxygens (including phenoxy) is 3. The van der Waals surface area contributed by atoms with Gasteiger partial charge in [0.2, 0.25) is 10.0 Å². The summed E-state index contributed by atoms with van der Waals surface area (Å²) in [6.07, 6.45) is 0.627. The number of benzene rings is 2. The van der Waals surface area contributed by atoms with Gasteiger partial charge in [-0.15, -0.1) is 0 Å². The van der Waals surface area contributed by atoms with Crippen LogP contribution in [0.1, 0.15) is 27.8 Å². The van der Waals surface area contributed by atoms with Crippen LogP contribution in [0.25, 0.3) is 0 Å². The van der Waals surface area contributed by atoms with Gasteiger partial charge in [0, 0.05) is 13.1 Å². The average Bonchev–Trinajstić information content (AvgIpc) is 2.68. The van der Waals surface area contributed by atoms with Crippen LogP contribution in [-0.4, -0.2) is 40.6 Å². The molecule has 2 aromatic rings. The van der Waals surface area contributed by atoms with Crippen molar-refractivity contribution in [2.24, 2.45) is 0 Å². The number of nitrogens with zero attached hydrogens (tertiary/aromatic N) is 1. The number of hydrogen-bond acceptors (Lipinski definition) is 5. The number of aryl methyl sites for hydroxylation is 1. The van der Waals surface area contributed by atoms with Gasteiger partial charge < -0.3 is 14.2 Å². The van der Waals surface area contributed by atoms with Crippen molar-refractivity contribution in [1.29, 1.82) is 0 Å². The Morgan fingerprint density at radius 3 is 1.96 bits per heavy atom. The van der Waals surface area contributed by atoms with Crippen molar-refractivity contribution in [3.63, 3.8) is 0 Å². The third-order valence-electron chi connectivity index (χ3n) is 5.48. The second-order valence-electron chi connectivity index (χ2n) is 7.04. The molecule has 6 nitrogen and oxygen atoms in total. The minimum Gasteiger partial charge on any atom is -0.496 e. The van der Waals surface area contributed by atoms with Crippen molar-refractivity contribution >= 4 is 10.0 Å². The van der Waals surface area contributed by atoms with Gasteiger partial charge in [-0.2, -0.15) is 4.31 Å². The molecule has 7 heteroatoms. The Morgan fingerprint density at radius 1 is 0.821 bits per heavy atom. The quantitative estimate of drug-likeness (QED) is 0.763. The van der Waals surface area contributed by atoms with Crippen LogP contribution >= 0.6 is 0 Å². The summed E-state index contributed by atoms with van der Waals surface area (Å²) in [6.45, 7) is 6.27. The molecule has 0 bridgehead atoms. The molecule has 1 heterocycles. The summed E-state index contributed by atoms with van der Waals surface area (Å²) in [7, 11) is 1.13. The lowest BCUT2D eigenvalue weighted by Crippen LogP contribution is -2.36.